The Bertz CT molecular complexity index is 805. The van der Waals surface area contributed by atoms with Gasteiger partial charge in [-0.05, 0) is 104 Å². The zero-order valence-electron chi connectivity index (χ0n) is 21.6. The topological polar surface area (TPSA) is 80.9 Å². The maximum absolute atomic E-state index is 10.9. The number of aliphatic hydroxyl groups excluding tert-OH is 4. The van der Waals surface area contributed by atoms with Gasteiger partial charge in [-0.1, -0.05) is 46.3 Å². The molecule has 11 atom stereocenters. The van der Waals surface area contributed by atoms with Gasteiger partial charge in [0.15, 0.2) is 0 Å². The third-order valence-corrected chi connectivity index (χ3v) is 12.5. The maximum Gasteiger partial charge on any atom is 0.0853 e. The quantitative estimate of drug-likeness (QED) is 0.428. The molecule has 0 bridgehead atoms. The van der Waals surface area contributed by atoms with E-state index < -0.39 is 18.3 Å². The number of allylic oxidation sites excluding steroid dienone is 2. The summed E-state index contributed by atoms with van der Waals surface area (Å²) < 4.78 is 0. The maximum atomic E-state index is 10.9. The Labute approximate surface area is 200 Å². The van der Waals surface area contributed by atoms with Crippen LogP contribution in [0.1, 0.15) is 92.4 Å². The van der Waals surface area contributed by atoms with Crippen molar-refractivity contribution in [2.45, 2.75) is 111 Å². The summed E-state index contributed by atoms with van der Waals surface area (Å²) in [7, 11) is 0. The number of hydrogen-bond donors (Lipinski definition) is 4. The first-order valence-corrected chi connectivity index (χ1v) is 13.7. The first kappa shape index (κ1) is 24.3. The van der Waals surface area contributed by atoms with Crippen molar-refractivity contribution in [3.8, 4) is 0 Å². The largest absolute Gasteiger partial charge is 0.396 e. The van der Waals surface area contributed by atoms with Crippen LogP contribution in [-0.4, -0.2) is 45.3 Å². The molecule has 0 aromatic heterocycles. The first-order valence-electron chi connectivity index (χ1n) is 13.7. The van der Waals surface area contributed by atoms with Crippen LogP contribution >= 0.6 is 0 Å². The van der Waals surface area contributed by atoms with Crippen LogP contribution in [0.4, 0.5) is 0 Å². The minimum absolute atomic E-state index is 0.0302. The Morgan fingerprint density at radius 1 is 0.879 bits per heavy atom. The van der Waals surface area contributed by atoms with Gasteiger partial charge in [0.25, 0.3) is 0 Å². The van der Waals surface area contributed by atoms with E-state index in [1.165, 1.54) is 25.7 Å². The normalized spacial score (nSPS) is 55.8. The van der Waals surface area contributed by atoms with Crippen molar-refractivity contribution in [2.24, 2.45) is 51.2 Å². The van der Waals surface area contributed by atoms with Gasteiger partial charge in [-0.15, -0.1) is 0 Å². The Morgan fingerprint density at radius 2 is 1.61 bits per heavy atom. The van der Waals surface area contributed by atoms with Crippen LogP contribution in [0.15, 0.2) is 11.6 Å². The molecule has 4 fully saturated rings. The summed E-state index contributed by atoms with van der Waals surface area (Å²) >= 11 is 0. The van der Waals surface area contributed by atoms with Crippen LogP contribution in [0.25, 0.3) is 0 Å². The highest BCUT2D eigenvalue weighted by Gasteiger charge is 2.62. The van der Waals surface area contributed by atoms with Crippen molar-refractivity contribution in [3.05, 3.63) is 11.6 Å². The van der Waals surface area contributed by atoms with Crippen LogP contribution in [0.3, 0.4) is 0 Å². The molecule has 0 radical (unpaired) electrons. The Hall–Kier alpha value is -0.420. The lowest BCUT2D eigenvalue weighted by Gasteiger charge is -2.61. The molecule has 0 aromatic rings. The van der Waals surface area contributed by atoms with Crippen molar-refractivity contribution in [3.63, 3.8) is 0 Å². The van der Waals surface area contributed by atoms with Gasteiger partial charge in [-0.2, -0.15) is 0 Å². The fraction of sp³-hybridized carbons (Fsp3) is 0.931. The number of hydrogen-bond acceptors (Lipinski definition) is 4. The van der Waals surface area contributed by atoms with E-state index in [-0.39, 0.29) is 28.3 Å². The van der Waals surface area contributed by atoms with Crippen LogP contribution in [0.5, 0.6) is 0 Å². The van der Waals surface area contributed by atoms with E-state index in [4.69, 9.17) is 0 Å². The summed E-state index contributed by atoms with van der Waals surface area (Å²) in [4.78, 5) is 0. The van der Waals surface area contributed by atoms with Crippen molar-refractivity contribution in [1.29, 1.82) is 0 Å². The Balaban J connectivity index is 1.47. The van der Waals surface area contributed by atoms with Gasteiger partial charge in [0.2, 0.25) is 0 Å². The average Bonchev–Trinajstić information content (AvgIpc) is 2.96. The van der Waals surface area contributed by atoms with E-state index in [1.54, 1.807) is 5.57 Å². The zero-order valence-corrected chi connectivity index (χ0v) is 21.6. The molecule has 0 aromatic carbocycles. The first-order chi connectivity index (χ1) is 15.4. The standard InChI is InChI=1S/C29H48O4/c1-26(2)22-10-6-18-14-17-7-11-23-27(3,13-12-24(32)29(23,5)16-30)19(17)8-9-20(18)28(22,4)15-21(31)25(26)33/h6,17,19-25,30-33H,7-16H2,1-5H3/t17?,19-,20-,21+,22-,23+,24+,25+,27+,28+,29+/m0/s1. The minimum atomic E-state index is -0.650. The van der Waals surface area contributed by atoms with Crippen molar-refractivity contribution < 1.29 is 20.4 Å². The van der Waals surface area contributed by atoms with Crippen LogP contribution in [0.2, 0.25) is 0 Å². The van der Waals surface area contributed by atoms with Gasteiger partial charge in [-0.25, -0.2) is 0 Å². The zero-order chi connectivity index (χ0) is 24.0. The lowest BCUT2D eigenvalue weighted by atomic mass is 9.45. The lowest BCUT2D eigenvalue weighted by Crippen LogP contribution is -2.59. The smallest absolute Gasteiger partial charge is 0.0853 e. The summed E-state index contributed by atoms with van der Waals surface area (Å²) in [6.07, 6.45) is 10.3. The molecule has 188 valence electrons. The summed E-state index contributed by atoms with van der Waals surface area (Å²) in [5.41, 5.74) is 1.16. The van der Waals surface area contributed by atoms with E-state index >= 15 is 0 Å². The molecule has 33 heavy (non-hydrogen) atoms. The van der Waals surface area contributed by atoms with Crippen molar-refractivity contribution >= 4 is 0 Å². The molecular formula is C29H48O4. The van der Waals surface area contributed by atoms with Gasteiger partial charge in [0, 0.05) is 5.41 Å². The van der Waals surface area contributed by atoms with E-state index in [9.17, 15) is 20.4 Å². The van der Waals surface area contributed by atoms with E-state index in [0.29, 0.717) is 36.0 Å². The SMILES string of the molecule is CC1(C)[C@H](O)[C@H](O)C[C@]2(C)[C@H]3CC[C@H]4C(CC[C@@H]5[C@]4(C)CC[C@@H](O)[C@]5(C)CO)CC3=CC[C@@H]12. The Kier molecular flexibility index (Phi) is 5.73. The molecule has 0 saturated heterocycles. The summed E-state index contributed by atoms with van der Waals surface area (Å²) in [5, 5.41) is 42.9. The molecule has 0 spiro atoms. The van der Waals surface area contributed by atoms with Crippen LogP contribution in [-0.2, 0) is 0 Å². The van der Waals surface area contributed by atoms with Gasteiger partial charge in [0.05, 0.1) is 24.9 Å². The lowest BCUT2D eigenvalue weighted by molar-refractivity contribution is -0.177. The molecule has 4 nitrogen and oxygen atoms in total. The second-order valence-electron chi connectivity index (χ2n) is 14.2. The van der Waals surface area contributed by atoms with Gasteiger partial charge >= 0.3 is 0 Å². The molecule has 0 aliphatic heterocycles. The van der Waals surface area contributed by atoms with Crippen molar-refractivity contribution in [2.75, 3.05) is 6.61 Å². The predicted octanol–water partition coefficient (Wildman–Crippen LogP) is 4.69. The summed E-state index contributed by atoms with van der Waals surface area (Å²) in [6, 6.07) is 0. The minimum Gasteiger partial charge on any atom is -0.396 e. The summed E-state index contributed by atoms with van der Waals surface area (Å²) in [6.45, 7) is 11.4. The van der Waals surface area contributed by atoms with Crippen molar-refractivity contribution in [1.82, 2.24) is 0 Å². The van der Waals surface area contributed by atoms with Crippen LogP contribution < -0.4 is 0 Å². The molecule has 4 heteroatoms. The fourth-order valence-electron chi connectivity index (χ4n) is 10.6. The molecule has 4 saturated carbocycles. The molecule has 1 unspecified atom stereocenters. The number of aliphatic hydroxyl groups is 4. The fourth-order valence-corrected chi connectivity index (χ4v) is 10.6. The highest BCUT2D eigenvalue weighted by molar-refractivity contribution is 5.24. The highest BCUT2D eigenvalue weighted by Crippen LogP contribution is 2.67. The van der Waals surface area contributed by atoms with E-state index in [2.05, 4.69) is 40.7 Å². The van der Waals surface area contributed by atoms with Gasteiger partial charge in [0.1, 0.15) is 0 Å². The van der Waals surface area contributed by atoms with E-state index in [0.717, 1.165) is 25.7 Å². The third-order valence-electron chi connectivity index (χ3n) is 12.5. The monoisotopic (exact) mass is 460 g/mol. The predicted molar refractivity (Wildman–Crippen MR) is 130 cm³/mol. The van der Waals surface area contributed by atoms with Gasteiger partial charge in [-0.3, -0.25) is 0 Å². The molecule has 0 amide bonds. The van der Waals surface area contributed by atoms with Gasteiger partial charge < -0.3 is 20.4 Å². The molecule has 5 aliphatic carbocycles. The third kappa shape index (κ3) is 3.22. The second kappa shape index (κ2) is 7.79. The van der Waals surface area contributed by atoms with E-state index in [1.807, 2.05) is 0 Å². The molecule has 4 N–H and O–H groups in total. The molecule has 5 aliphatic rings. The molecular weight excluding hydrogens is 412 g/mol. The second-order valence-corrected chi connectivity index (χ2v) is 14.2. The average molecular weight is 461 g/mol. The summed E-state index contributed by atoms with van der Waals surface area (Å²) in [5.74, 6) is 2.58. The highest BCUT2D eigenvalue weighted by atomic mass is 16.3. The number of fused-ring (bicyclic) bond motifs is 6. The molecule has 0 heterocycles. The number of rotatable bonds is 1. The van der Waals surface area contributed by atoms with Crippen LogP contribution in [0, 0.1) is 51.2 Å². The Morgan fingerprint density at radius 3 is 2.30 bits per heavy atom. The molecule has 5 rings (SSSR count).